The van der Waals surface area contributed by atoms with E-state index in [4.69, 9.17) is 11.6 Å². The molecule has 3 heteroatoms. The van der Waals surface area contributed by atoms with Crippen LogP contribution < -0.4 is 10.5 Å². The van der Waals surface area contributed by atoms with Gasteiger partial charge in [-0.25, -0.2) is 0 Å². The lowest BCUT2D eigenvalue weighted by molar-refractivity contribution is 0.590. The molecule has 0 radical (unpaired) electrons. The summed E-state index contributed by atoms with van der Waals surface area (Å²) in [6.07, 6.45) is 0. The molecule has 0 bridgehead atoms. The Morgan fingerprint density at radius 3 is 2.00 bits per heavy atom. The molecule has 0 heterocycles. The van der Waals surface area contributed by atoms with Gasteiger partial charge in [0.1, 0.15) is 0 Å². The van der Waals surface area contributed by atoms with E-state index in [0.717, 1.165) is 16.4 Å². The van der Waals surface area contributed by atoms with Gasteiger partial charge in [-0.3, -0.25) is 0 Å². The maximum Gasteiger partial charge on any atom is 0.0822 e. The summed E-state index contributed by atoms with van der Waals surface area (Å²) in [6, 6.07) is 14.8. The predicted molar refractivity (Wildman–Crippen MR) is 103 cm³/mol. The molecule has 0 saturated carbocycles. The third kappa shape index (κ3) is 3.93. The Hall–Kier alpha value is -1.25. The van der Waals surface area contributed by atoms with Gasteiger partial charge in [0.2, 0.25) is 0 Å². The van der Waals surface area contributed by atoms with E-state index < -0.39 is 8.07 Å². The second-order valence-electron chi connectivity index (χ2n) is 7.86. The fourth-order valence-corrected chi connectivity index (χ4v) is 5.38. The average molecular weight is 332 g/mol. The number of nitrogens with one attached hydrogen (secondary N) is 1. The Labute approximate surface area is 140 Å². The smallest absolute Gasteiger partial charge is 0.0822 e. The number of halogens is 1. The van der Waals surface area contributed by atoms with Gasteiger partial charge in [0.05, 0.1) is 8.07 Å². The minimum absolute atomic E-state index is 0.179. The van der Waals surface area contributed by atoms with Crippen LogP contribution in [-0.4, -0.2) is 8.07 Å². The van der Waals surface area contributed by atoms with Crippen LogP contribution in [0.1, 0.15) is 26.3 Å². The zero-order valence-corrected chi connectivity index (χ0v) is 16.2. The van der Waals surface area contributed by atoms with Gasteiger partial charge in [-0.2, -0.15) is 0 Å². The summed E-state index contributed by atoms with van der Waals surface area (Å²) in [5.74, 6) is 0. The van der Waals surface area contributed by atoms with E-state index in [-0.39, 0.29) is 5.41 Å². The molecular weight excluding hydrogens is 306 g/mol. The van der Waals surface area contributed by atoms with Crippen LogP contribution in [0.15, 0.2) is 42.5 Å². The van der Waals surface area contributed by atoms with Crippen molar-refractivity contribution >= 4 is 36.2 Å². The van der Waals surface area contributed by atoms with Crippen molar-refractivity contribution in [3.63, 3.8) is 0 Å². The Morgan fingerprint density at radius 2 is 1.50 bits per heavy atom. The van der Waals surface area contributed by atoms with Crippen LogP contribution in [0.5, 0.6) is 0 Å². The molecule has 2 aromatic carbocycles. The van der Waals surface area contributed by atoms with E-state index >= 15 is 0 Å². The van der Waals surface area contributed by atoms with Crippen molar-refractivity contribution in [3.05, 3.63) is 53.1 Å². The fraction of sp³-hybridized carbons (Fsp3) is 0.368. The third-order valence-electron chi connectivity index (χ3n) is 3.79. The molecule has 0 aliphatic heterocycles. The Bertz CT molecular complexity index is 649. The molecule has 0 atom stereocenters. The van der Waals surface area contributed by atoms with E-state index in [0.29, 0.717) is 0 Å². The van der Waals surface area contributed by atoms with Crippen LogP contribution in [0.4, 0.5) is 11.4 Å². The molecule has 0 saturated heterocycles. The molecule has 1 nitrogen and oxygen atoms in total. The Morgan fingerprint density at radius 1 is 0.909 bits per heavy atom. The van der Waals surface area contributed by atoms with Gasteiger partial charge in [-0.15, -0.1) is 0 Å². The lowest BCUT2D eigenvalue weighted by Gasteiger charge is -2.24. The van der Waals surface area contributed by atoms with Crippen molar-refractivity contribution in [2.75, 3.05) is 5.32 Å². The van der Waals surface area contributed by atoms with Gasteiger partial charge < -0.3 is 5.32 Å². The van der Waals surface area contributed by atoms with Gasteiger partial charge in [-0.05, 0) is 40.4 Å². The minimum atomic E-state index is -1.51. The van der Waals surface area contributed by atoms with Crippen molar-refractivity contribution in [1.82, 2.24) is 0 Å². The second-order valence-corrected chi connectivity index (χ2v) is 13.3. The van der Waals surface area contributed by atoms with Crippen LogP contribution in [0.25, 0.3) is 0 Å². The monoisotopic (exact) mass is 331 g/mol. The van der Waals surface area contributed by atoms with E-state index in [1.165, 1.54) is 10.8 Å². The summed E-state index contributed by atoms with van der Waals surface area (Å²) in [7, 11) is -1.51. The first-order valence-electron chi connectivity index (χ1n) is 7.75. The quantitative estimate of drug-likeness (QED) is 0.688. The molecular formula is C19H26ClNSi. The van der Waals surface area contributed by atoms with Gasteiger partial charge in [0, 0.05) is 16.4 Å². The highest BCUT2D eigenvalue weighted by Gasteiger charge is 2.23. The minimum Gasteiger partial charge on any atom is -0.356 e. The van der Waals surface area contributed by atoms with Gasteiger partial charge >= 0.3 is 0 Å². The Kier molecular flexibility index (Phi) is 4.74. The summed E-state index contributed by atoms with van der Waals surface area (Å²) in [6.45, 7) is 13.7. The Balaban J connectivity index is 2.34. The molecule has 2 aromatic rings. The highest BCUT2D eigenvalue weighted by atomic mass is 35.5. The first-order valence-corrected chi connectivity index (χ1v) is 11.6. The van der Waals surface area contributed by atoms with Gasteiger partial charge in [0.25, 0.3) is 0 Å². The lowest BCUT2D eigenvalue weighted by atomic mass is 9.87. The summed E-state index contributed by atoms with van der Waals surface area (Å²) < 4.78 is 0. The number of rotatable bonds is 3. The van der Waals surface area contributed by atoms with E-state index in [9.17, 15) is 0 Å². The molecule has 0 aliphatic carbocycles. The van der Waals surface area contributed by atoms with E-state index in [1.807, 2.05) is 12.1 Å². The van der Waals surface area contributed by atoms with Gasteiger partial charge in [-0.1, -0.05) is 70.2 Å². The lowest BCUT2D eigenvalue weighted by Crippen LogP contribution is -2.40. The molecule has 0 spiro atoms. The van der Waals surface area contributed by atoms with E-state index in [1.54, 1.807) is 0 Å². The topological polar surface area (TPSA) is 12.0 Å². The molecule has 0 amide bonds. The SMILES string of the molecule is CC(C)(C)c1ccc(Nc2cccc(Cl)c2[Si](C)(C)C)cc1. The van der Waals surface area contributed by atoms with Crippen molar-refractivity contribution in [3.8, 4) is 0 Å². The highest BCUT2D eigenvalue weighted by Crippen LogP contribution is 2.26. The average Bonchev–Trinajstić information content (AvgIpc) is 2.36. The summed E-state index contributed by atoms with van der Waals surface area (Å²) in [5.41, 5.74) is 3.76. The molecule has 118 valence electrons. The fourth-order valence-electron chi connectivity index (χ4n) is 2.60. The normalized spacial score (nSPS) is 12.3. The maximum atomic E-state index is 6.46. The van der Waals surface area contributed by atoms with Crippen LogP contribution in [0.2, 0.25) is 24.7 Å². The maximum absolute atomic E-state index is 6.46. The second kappa shape index (κ2) is 6.09. The number of benzene rings is 2. The molecule has 0 unspecified atom stereocenters. The molecule has 0 aromatic heterocycles. The number of hydrogen-bond donors (Lipinski definition) is 1. The summed E-state index contributed by atoms with van der Waals surface area (Å²) in [5, 5.41) is 5.71. The van der Waals surface area contributed by atoms with Crippen molar-refractivity contribution < 1.29 is 0 Å². The van der Waals surface area contributed by atoms with E-state index in [2.05, 4.69) is 76.1 Å². The predicted octanol–water partition coefficient (Wildman–Crippen LogP) is 5.93. The molecule has 2 rings (SSSR count). The zero-order chi connectivity index (χ0) is 16.5. The molecule has 1 N–H and O–H groups in total. The first kappa shape index (κ1) is 17.1. The van der Waals surface area contributed by atoms with Crippen LogP contribution in [0.3, 0.4) is 0 Å². The van der Waals surface area contributed by atoms with Crippen LogP contribution >= 0.6 is 11.6 Å². The van der Waals surface area contributed by atoms with Crippen LogP contribution in [-0.2, 0) is 5.41 Å². The van der Waals surface area contributed by atoms with Gasteiger partial charge in [0.15, 0.2) is 0 Å². The van der Waals surface area contributed by atoms with Crippen LogP contribution in [0, 0.1) is 0 Å². The highest BCUT2D eigenvalue weighted by molar-refractivity contribution is 6.91. The summed E-state index contributed by atoms with van der Waals surface area (Å²) in [4.78, 5) is 0. The van der Waals surface area contributed by atoms with Crippen molar-refractivity contribution in [2.45, 2.75) is 45.8 Å². The standard InChI is InChI=1S/C19H26ClNSi/c1-19(2,3)14-10-12-15(13-11-14)21-17-9-7-8-16(20)18(17)22(4,5)6/h7-13,21H,1-6H3. The zero-order valence-electron chi connectivity index (χ0n) is 14.4. The largest absolute Gasteiger partial charge is 0.356 e. The third-order valence-corrected chi connectivity index (χ3v) is 6.31. The molecule has 0 fully saturated rings. The first-order chi connectivity index (χ1) is 10.1. The molecule has 0 aliphatic rings. The van der Waals surface area contributed by atoms with Crippen molar-refractivity contribution in [2.24, 2.45) is 0 Å². The molecule has 22 heavy (non-hydrogen) atoms. The van der Waals surface area contributed by atoms with Crippen molar-refractivity contribution in [1.29, 1.82) is 0 Å². The number of hydrogen-bond acceptors (Lipinski definition) is 1. The summed E-state index contributed by atoms with van der Waals surface area (Å²) >= 11 is 6.46. The number of anilines is 2.